The molecule has 0 amide bonds. The number of carbonyl (C=O) groups is 1. The molecule has 18 heavy (non-hydrogen) atoms. The molecule has 2 atom stereocenters. The number of hydrogen-bond acceptors (Lipinski definition) is 3. The number of benzene rings is 1. The predicted octanol–water partition coefficient (Wildman–Crippen LogP) is 3.13. The maximum Gasteiger partial charge on any atom is 0.183 e. The Morgan fingerprint density at radius 2 is 1.94 bits per heavy atom. The summed E-state index contributed by atoms with van der Waals surface area (Å²) in [6, 6.07) is 4.33. The van der Waals surface area contributed by atoms with Crippen LogP contribution >= 0.6 is 23.2 Å². The van der Waals surface area contributed by atoms with Crippen molar-refractivity contribution in [1.82, 2.24) is 0 Å². The summed E-state index contributed by atoms with van der Waals surface area (Å²) in [5.74, 6) is -0.494. The summed E-state index contributed by atoms with van der Waals surface area (Å²) in [5.41, 5.74) is 0. The molecule has 1 aliphatic carbocycles. The first-order chi connectivity index (χ1) is 8.34. The lowest BCUT2D eigenvalue weighted by Crippen LogP contribution is -2.26. The van der Waals surface area contributed by atoms with Gasteiger partial charge < -0.3 is 0 Å². The van der Waals surface area contributed by atoms with Gasteiger partial charge in [0.05, 0.1) is 15.2 Å². The second kappa shape index (κ2) is 4.83. The first kappa shape index (κ1) is 13.8. The molecule has 6 heteroatoms. The molecule has 0 radical (unpaired) electrons. The van der Waals surface area contributed by atoms with Crippen LogP contribution in [-0.4, -0.2) is 19.5 Å². The fourth-order valence-corrected chi connectivity index (χ4v) is 5.00. The molecule has 1 fully saturated rings. The van der Waals surface area contributed by atoms with E-state index in [4.69, 9.17) is 23.2 Å². The van der Waals surface area contributed by atoms with Gasteiger partial charge in [0.25, 0.3) is 0 Å². The molecule has 0 bridgehead atoms. The monoisotopic (exact) mass is 306 g/mol. The van der Waals surface area contributed by atoms with E-state index in [0.717, 1.165) is 0 Å². The summed E-state index contributed by atoms with van der Waals surface area (Å²) < 4.78 is 24.9. The molecular formula is C12H12Cl2O3S. The third kappa shape index (κ3) is 2.29. The number of carbonyl (C=O) groups excluding carboxylic acids is 1. The zero-order valence-corrected chi connectivity index (χ0v) is 12.0. The van der Waals surface area contributed by atoms with E-state index in [2.05, 4.69) is 0 Å². The van der Waals surface area contributed by atoms with E-state index in [1.54, 1.807) is 6.92 Å². The number of ketones is 1. The number of hydrogen-bond donors (Lipinski definition) is 0. The van der Waals surface area contributed by atoms with Crippen LogP contribution in [-0.2, 0) is 14.6 Å². The number of sulfone groups is 1. The van der Waals surface area contributed by atoms with Crippen LogP contribution in [0.3, 0.4) is 0 Å². The van der Waals surface area contributed by atoms with Gasteiger partial charge in [-0.25, -0.2) is 8.42 Å². The zero-order valence-electron chi connectivity index (χ0n) is 9.69. The fourth-order valence-electron chi connectivity index (χ4n) is 2.25. The number of Topliss-reactive ketones (excluding diaryl/α,β-unsaturated/α-hetero) is 1. The summed E-state index contributed by atoms with van der Waals surface area (Å²) in [4.78, 5) is 11.5. The van der Waals surface area contributed by atoms with Gasteiger partial charge >= 0.3 is 0 Å². The molecule has 1 aromatic rings. The maximum absolute atomic E-state index is 12.5. The van der Waals surface area contributed by atoms with Crippen LogP contribution < -0.4 is 0 Å². The van der Waals surface area contributed by atoms with Crippen LogP contribution in [0.4, 0.5) is 0 Å². The molecule has 0 aliphatic heterocycles. The third-order valence-electron chi connectivity index (χ3n) is 3.34. The Kier molecular flexibility index (Phi) is 3.72. The van der Waals surface area contributed by atoms with Crippen molar-refractivity contribution in [2.24, 2.45) is 5.92 Å². The second-order valence-electron chi connectivity index (χ2n) is 4.45. The zero-order chi connectivity index (χ0) is 13.5. The molecule has 1 saturated carbocycles. The largest absolute Gasteiger partial charge is 0.299 e. The Bertz CT molecular complexity index is 595. The Balaban J connectivity index is 2.49. The lowest BCUT2D eigenvalue weighted by molar-refractivity contribution is -0.120. The Morgan fingerprint density at radius 1 is 1.28 bits per heavy atom. The van der Waals surface area contributed by atoms with E-state index in [0.29, 0.717) is 17.9 Å². The van der Waals surface area contributed by atoms with E-state index in [1.807, 2.05) is 0 Å². The van der Waals surface area contributed by atoms with Crippen LogP contribution in [0.2, 0.25) is 10.0 Å². The summed E-state index contributed by atoms with van der Waals surface area (Å²) in [6.45, 7) is 1.65. The molecule has 0 N–H and O–H groups in total. The van der Waals surface area contributed by atoms with Gasteiger partial charge in [0.15, 0.2) is 9.84 Å². The minimum atomic E-state index is -3.61. The van der Waals surface area contributed by atoms with E-state index < -0.39 is 21.0 Å². The highest BCUT2D eigenvalue weighted by molar-refractivity contribution is 7.92. The van der Waals surface area contributed by atoms with Crippen molar-refractivity contribution < 1.29 is 13.2 Å². The second-order valence-corrected chi connectivity index (χ2v) is 7.43. The van der Waals surface area contributed by atoms with Crippen LogP contribution in [0.25, 0.3) is 0 Å². The molecule has 0 heterocycles. The van der Waals surface area contributed by atoms with E-state index in [1.165, 1.54) is 18.2 Å². The average molecular weight is 307 g/mol. The van der Waals surface area contributed by atoms with Gasteiger partial charge in [0, 0.05) is 17.4 Å². The van der Waals surface area contributed by atoms with Gasteiger partial charge in [-0.1, -0.05) is 30.1 Å². The predicted molar refractivity (Wildman–Crippen MR) is 70.8 cm³/mol. The van der Waals surface area contributed by atoms with Gasteiger partial charge in [-0.3, -0.25) is 4.79 Å². The van der Waals surface area contributed by atoms with Gasteiger partial charge in [0.2, 0.25) is 0 Å². The van der Waals surface area contributed by atoms with Crippen molar-refractivity contribution in [1.29, 1.82) is 0 Å². The Labute approximate surface area is 116 Å². The molecular weight excluding hydrogens is 295 g/mol. The van der Waals surface area contributed by atoms with Crippen molar-refractivity contribution in [3.63, 3.8) is 0 Å². The molecule has 0 saturated heterocycles. The number of halogens is 2. The molecule has 0 aromatic heterocycles. The Morgan fingerprint density at radius 3 is 2.50 bits per heavy atom. The van der Waals surface area contributed by atoms with Gasteiger partial charge in [-0.15, -0.1) is 0 Å². The van der Waals surface area contributed by atoms with Crippen LogP contribution in [0.5, 0.6) is 0 Å². The van der Waals surface area contributed by atoms with Gasteiger partial charge in [0.1, 0.15) is 5.78 Å². The van der Waals surface area contributed by atoms with E-state index in [9.17, 15) is 13.2 Å². The first-order valence-corrected chi connectivity index (χ1v) is 7.86. The fraction of sp³-hybridized carbons (Fsp3) is 0.417. The molecule has 1 aromatic carbocycles. The molecule has 2 rings (SSSR count). The summed E-state index contributed by atoms with van der Waals surface area (Å²) in [7, 11) is -3.61. The van der Waals surface area contributed by atoms with Crippen molar-refractivity contribution in [3.05, 3.63) is 28.2 Å². The van der Waals surface area contributed by atoms with Crippen LogP contribution in [0.1, 0.15) is 19.8 Å². The standard InChI is InChI=1S/C12H12Cl2O3S/c1-7-10(15)4-5-11(7)18(16,17)12-6-8(13)2-3-9(12)14/h2-3,6-7,11H,4-5H2,1H3. The minimum Gasteiger partial charge on any atom is -0.299 e. The van der Waals surface area contributed by atoms with E-state index >= 15 is 0 Å². The van der Waals surface area contributed by atoms with Crippen molar-refractivity contribution in [3.8, 4) is 0 Å². The van der Waals surface area contributed by atoms with Crippen molar-refractivity contribution in [2.45, 2.75) is 29.9 Å². The SMILES string of the molecule is CC1C(=O)CCC1S(=O)(=O)c1cc(Cl)ccc1Cl. The molecule has 2 unspecified atom stereocenters. The molecule has 0 spiro atoms. The van der Waals surface area contributed by atoms with Crippen molar-refractivity contribution >= 4 is 38.8 Å². The maximum atomic E-state index is 12.5. The molecule has 3 nitrogen and oxygen atoms in total. The average Bonchev–Trinajstić information content (AvgIpc) is 2.63. The molecule has 1 aliphatic rings. The lowest BCUT2D eigenvalue weighted by Gasteiger charge is -2.16. The number of rotatable bonds is 2. The van der Waals surface area contributed by atoms with Crippen molar-refractivity contribution in [2.75, 3.05) is 0 Å². The topological polar surface area (TPSA) is 51.2 Å². The smallest absolute Gasteiger partial charge is 0.183 e. The van der Waals surface area contributed by atoms with Gasteiger partial charge in [-0.05, 0) is 24.6 Å². The third-order valence-corrected chi connectivity index (χ3v) is 6.41. The highest BCUT2D eigenvalue weighted by atomic mass is 35.5. The summed E-state index contributed by atoms with van der Waals surface area (Å²) >= 11 is 11.7. The van der Waals surface area contributed by atoms with Gasteiger partial charge in [-0.2, -0.15) is 0 Å². The van der Waals surface area contributed by atoms with E-state index in [-0.39, 0.29) is 15.7 Å². The normalized spacial score (nSPS) is 24.5. The van der Waals surface area contributed by atoms with Crippen LogP contribution in [0, 0.1) is 5.92 Å². The summed E-state index contributed by atoms with van der Waals surface area (Å²) in [5, 5.41) is -0.234. The lowest BCUT2D eigenvalue weighted by atomic mass is 10.1. The first-order valence-electron chi connectivity index (χ1n) is 5.55. The van der Waals surface area contributed by atoms with Crippen LogP contribution in [0.15, 0.2) is 23.1 Å². The quantitative estimate of drug-likeness (QED) is 0.843. The highest BCUT2D eigenvalue weighted by Crippen LogP contribution is 2.35. The summed E-state index contributed by atoms with van der Waals surface area (Å²) in [6.07, 6.45) is 0.661. The molecule has 98 valence electrons. The highest BCUT2D eigenvalue weighted by Gasteiger charge is 2.41. The minimum absolute atomic E-state index is 0.0123. The Hall–Kier alpha value is -0.580.